The fourth-order valence-electron chi connectivity index (χ4n) is 1.48. The second-order valence-corrected chi connectivity index (χ2v) is 6.01. The zero-order chi connectivity index (χ0) is 14.8. The first-order valence-electron chi connectivity index (χ1n) is 6.01. The summed E-state index contributed by atoms with van der Waals surface area (Å²) in [6, 6.07) is 5.31. The summed E-state index contributed by atoms with van der Waals surface area (Å²) in [5.41, 5.74) is -0.551. The lowest BCUT2D eigenvalue weighted by molar-refractivity contribution is 0.0635. The van der Waals surface area contributed by atoms with Crippen molar-refractivity contribution in [3.05, 3.63) is 35.1 Å². The van der Waals surface area contributed by atoms with Crippen molar-refractivity contribution in [1.29, 1.82) is 0 Å². The van der Waals surface area contributed by atoms with Gasteiger partial charge in [0.2, 0.25) is 0 Å². The summed E-state index contributed by atoms with van der Waals surface area (Å²) >= 11 is 3.32. The Kier molecular flexibility index (Phi) is 4.08. The van der Waals surface area contributed by atoms with Crippen LogP contribution in [0.5, 0.6) is 0 Å². The molecule has 0 atom stereocenters. The molecule has 20 heavy (non-hydrogen) atoms. The average molecular weight is 339 g/mol. The third-order valence-corrected chi connectivity index (χ3v) is 2.67. The average Bonchev–Trinajstić information content (AvgIpc) is 2.75. The molecular weight excluding hydrogens is 324 g/mol. The minimum absolute atomic E-state index is 0.495. The van der Waals surface area contributed by atoms with Crippen molar-refractivity contribution in [2.75, 3.05) is 5.32 Å². The van der Waals surface area contributed by atoms with Gasteiger partial charge in [-0.25, -0.2) is 9.78 Å². The molecule has 0 unspecified atom stereocenters. The van der Waals surface area contributed by atoms with E-state index in [0.29, 0.717) is 11.6 Å². The topological polar surface area (TPSA) is 69.0 Å². The molecule has 2 rings (SSSR count). The Balaban J connectivity index is 2.17. The molecular formula is C13H15BrN4O2. The number of hydrogen-bond donors (Lipinski definition) is 1. The number of pyridine rings is 1. The SMILES string of the molecule is CC(C)(C)OC(=O)Nc1ccnn1-c1ccc(Br)cn1. The van der Waals surface area contributed by atoms with Crippen LogP contribution in [0.1, 0.15) is 20.8 Å². The number of nitrogens with one attached hydrogen (secondary N) is 1. The zero-order valence-electron chi connectivity index (χ0n) is 11.4. The van der Waals surface area contributed by atoms with E-state index in [1.807, 2.05) is 6.07 Å². The van der Waals surface area contributed by atoms with Crippen molar-refractivity contribution < 1.29 is 9.53 Å². The standard InChI is InChI=1S/C13H15BrN4O2/c1-13(2,3)20-12(19)17-11-6-7-16-18(11)10-5-4-9(14)8-15-10/h4-8H,1-3H3,(H,17,19). The van der Waals surface area contributed by atoms with Gasteiger partial charge < -0.3 is 4.74 Å². The number of anilines is 1. The molecule has 0 aromatic carbocycles. The number of nitrogens with zero attached hydrogens (tertiary/aromatic N) is 3. The highest BCUT2D eigenvalue weighted by atomic mass is 79.9. The molecule has 0 aliphatic heterocycles. The Morgan fingerprint density at radius 1 is 1.35 bits per heavy atom. The molecule has 2 heterocycles. The first kappa shape index (κ1) is 14.5. The van der Waals surface area contributed by atoms with Gasteiger partial charge in [-0.05, 0) is 48.8 Å². The van der Waals surface area contributed by atoms with E-state index in [2.05, 4.69) is 31.3 Å². The Bertz CT molecular complexity index is 602. The normalized spacial score (nSPS) is 11.2. The van der Waals surface area contributed by atoms with Gasteiger partial charge in [0.1, 0.15) is 11.4 Å². The molecule has 7 heteroatoms. The van der Waals surface area contributed by atoms with Crippen LogP contribution in [-0.4, -0.2) is 26.5 Å². The number of aromatic nitrogens is 3. The molecule has 106 valence electrons. The molecule has 0 saturated heterocycles. The highest BCUT2D eigenvalue weighted by Gasteiger charge is 2.17. The molecule has 0 aliphatic carbocycles. The molecule has 1 amide bonds. The predicted molar refractivity (Wildman–Crippen MR) is 78.9 cm³/mol. The molecule has 0 spiro atoms. The lowest BCUT2D eigenvalue weighted by Gasteiger charge is -2.19. The molecule has 1 N–H and O–H groups in total. The van der Waals surface area contributed by atoms with Crippen LogP contribution in [-0.2, 0) is 4.74 Å². The molecule has 2 aromatic heterocycles. The van der Waals surface area contributed by atoms with Crippen LogP contribution < -0.4 is 5.32 Å². The highest BCUT2D eigenvalue weighted by molar-refractivity contribution is 9.10. The van der Waals surface area contributed by atoms with Crippen LogP contribution in [0, 0.1) is 0 Å². The summed E-state index contributed by atoms with van der Waals surface area (Å²) in [5.74, 6) is 1.10. The first-order valence-corrected chi connectivity index (χ1v) is 6.80. The fraction of sp³-hybridized carbons (Fsp3) is 0.308. The van der Waals surface area contributed by atoms with Crippen LogP contribution in [0.3, 0.4) is 0 Å². The molecule has 0 radical (unpaired) electrons. The van der Waals surface area contributed by atoms with Crippen molar-refractivity contribution in [1.82, 2.24) is 14.8 Å². The predicted octanol–water partition coefficient (Wildman–Crippen LogP) is 3.38. The zero-order valence-corrected chi connectivity index (χ0v) is 13.0. The molecule has 2 aromatic rings. The molecule has 0 bridgehead atoms. The van der Waals surface area contributed by atoms with Crippen LogP contribution in [0.25, 0.3) is 5.82 Å². The van der Waals surface area contributed by atoms with Gasteiger partial charge in [0.25, 0.3) is 0 Å². The van der Waals surface area contributed by atoms with Gasteiger partial charge in [-0.1, -0.05) is 0 Å². The third-order valence-electron chi connectivity index (χ3n) is 2.20. The summed E-state index contributed by atoms with van der Waals surface area (Å²) in [4.78, 5) is 16.0. The van der Waals surface area contributed by atoms with E-state index in [0.717, 1.165) is 4.47 Å². The smallest absolute Gasteiger partial charge is 0.413 e. The van der Waals surface area contributed by atoms with Crippen molar-refractivity contribution in [2.24, 2.45) is 0 Å². The Morgan fingerprint density at radius 3 is 2.70 bits per heavy atom. The van der Waals surface area contributed by atoms with E-state index in [1.54, 1.807) is 45.3 Å². The van der Waals surface area contributed by atoms with Crippen molar-refractivity contribution >= 4 is 27.8 Å². The minimum Gasteiger partial charge on any atom is -0.444 e. The summed E-state index contributed by atoms with van der Waals surface area (Å²) in [6.45, 7) is 5.42. The second kappa shape index (κ2) is 5.62. The van der Waals surface area contributed by atoms with E-state index in [9.17, 15) is 4.79 Å². The van der Waals surface area contributed by atoms with Gasteiger partial charge in [0.05, 0.1) is 6.20 Å². The number of carbonyl (C=O) groups is 1. The Morgan fingerprint density at radius 2 is 2.10 bits per heavy atom. The molecule has 0 saturated carbocycles. The van der Waals surface area contributed by atoms with E-state index in [-0.39, 0.29) is 0 Å². The van der Waals surface area contributed by atoms with Crippen molar-refractivity contribution in [3.63, 3.8) is 0 Å². The largest absolute Gasteiger partial charge is 0.444 e. The molecule has 0 fully saturated rings. The van der Waals surface area contributed by atoms with Gasteiger partial charge in [-0.2, -0.15) is 9.78 Å². The number of amides is 1. The number of carbonyl (C=O) groups excluding carboxylic acids is 1. The summed E-state index contributed by atoms with van der Waals surface area (Å²) < 4.78 is 7.60. The first-order chi connectivity index (χ1) is 9.35. The van der Waals surface area contributed by atoms with E-state index >= 15 is 0 Å². The van der Waals surface area contributed by atoms with Gasteiger partial charge in [-0.15, -0.1) is 0 Å². The summed E-state index contributed by atoms with van der Waals surface area (Å²) in [6.07, 6.45) is 2.71. The number of rotatable bonds is 2. The lowest BCUT2D eigenvalue weighted by Crippen LogP contribution is -2.28. The Hall–Kier alpha value is -1.89. The van der Waals surface area contributed by atoms with Crippen LogP contribution in [0.15, 0.2) is 35.1 Å². The number of ether oxygens (including phenoxy) is 1. The van der Waals surface area contributed by atoms with E-state index in [1.165, 1.54) is 4.68 Å². The van der Waals surface area contributed by atoms with Crippen LogP contribution in [0.2, 0.25) is 0 Å². The fourth-order valence-corrected chi connectivity index (χ4v) is 1.72. The van der Waals surface area contributed by atoms with Gasteiger partial charge in [0, 0.05) is 16.7 Å². The summed E-state index contributed by atoms with van der Waals surface area (Å²) in [5, 5.41) is 6.78. The number of hydrogen-bond acceptors (Lipinski definition) is 4. The molecule has 6 nitrogen and oxygen atoms in total. The maximum Gasteiger partial charge on any atom is 0.413 e. The van der Waals surface area contributed by atoms with Crippen LogP contribution in [0.4, 0.5) is 10.6 Å². The lowest BCUT2D eigenvalue weighted by atomic mass is 10.2. The van der Waals surface area contributed by atoms with Gasteiger partial charge in [-0.3, -0.25) is 5.32 Å². The second-order valence-electron chi connectivity index (χ2n) is 5.09. The van der Waals surface area contributed by atoms with E-state index < -0.39 is 11.7 Å². The van der Waals surface area contributed by atoms with E-state index in [4.69, 9.17) is 4.74 Å². The minimum atomic E-state index is -0.551. The molecule has 0 aliphatic rings. The number of halogens is 1. The van der Waals surface area contributed by atoms with Gasteiger partial charge >= 0.3 is 6.09 Å². The quantitative estimate of drug-likeness (QED) is 0.911. The van der Waals surface area contributed by atoms with Crippen LogP contribution >= 0.6 is 15.9 Å². The van der Waals surface area contributed by atoms with Crippen molar-refractivity contribution in [3.8, 4) is 5.82 Å². The monoisotopic (exact) mass is 338 g/mol. The maximum absolute atomic E-state index is 11.8. The highest BCUT2D eigenvalue weighted by Crippen LogP contribution is 2.16. The summed E-state index contributed by atoms with van der Waals surface area (Å²) in [7, 11) is 0. The maximum atomic E-state index is 11.8. The third kappa shape index (κ3) is 3.80. The van der Waals surface area contributed by atoms with Gasteiger partial charge in [0.15, 0.2) is 5.82 Å². The van der Waals surface area contributed by atoms with Crippen molar-refractivity contribution in [2.45, 2.75) is 26.4 Å². The Labute approximate surface area is 125 Å².